The summed E-state index contributed by atoms with van der Waals surface area (Å²) in [5.74, 6) is -0.366. The third-order valence-corrected chi connectivity index (χ3v) is 3.72. The average Bonchev–Trinajstić information content (AvgIpc) is 2.86. The molecule has 0 radical (unpaired) electrons. The van der Waals surface area contributed by atoms with Crippen LogP contribution in [0.1, 0.15) is 12.0 Å². The number of carbonyl (C=O) groups excluding carboxylic acids is 1. The van der Waals surface area contributed by atoms with Gasteiger partial charge in [-0.2, -0.15) is 0 Å². The monoisotopic (exact) mass is 275 g/mol. The predicted octanol–water partition coefficient (Wildman–Crippen LogP) is 3.69. The molecule has 1 atom stereocenters. The van der Waals surface area contributed by atoms with Crippen molar-refractivity contribution in [1.82, 2.24) is 0 Å². The van der Waals surface area contributed by atoms with Crippen LogP contribution in [-0.4, -0.2) is 19.1 Å². The van der Waals surface area contributed by atoms with Crippen LogP contribution in [0.15, 0.2) is 34.8 Å². The van der Waals surface area contributed by atoms with Gasteiger partial charge in [-0.05, 0) is 40.4 Å². The number of esters is 1. The standard InChI is InChI=1S/C13H13N3O2S/c1-18-13(17)8-11(15-16-14)6-9-2-3-10-4-5-19-12(10)7-9/h2-5,7,11H,6,8H2,1H3/t11-/m1/s1. The first kappa shape index (κ1) is 13.4. The fraction of sp³-hybridized carbons (Fsp3) is 0.308. The van der Waals surface area contributed by atoms with E-state index in [-0.39, 0.29) is 12.4 Å². The smallest absolute Gasteiger partial charge is 0.305 e. The maximum atomic E-state index is 11.3. The van der Waals surface area contributed by atoms with Gasteiger partial charge in [-0.25, -0.2) is 0 Å². The van der Waals surface area contributed by atoms with Gasteiger partial charge < -0.3 is 4.74 Å². The number of ether oxygens (including phenoxy) is 1. The van der Waals surface area contributed by atoms with Crippen LogP contribution in [0.2, 0.25) is 0 Å². The summed E-state index contributed by atoms with van der Waals surface area (Å²) >= 11 is 1.67. The fourth-order valence-electron chi connectivity index (χ4n) is 1.90. The molecule has 1 heterocycles. The van der Waals surface area contributed by atoms with Crippen LogP contribution < -0.4 is 0 Å². The number of fused-ring (bicyclic) bond motifs is 1. The Morgan fingerprint density at radius 1 is 1.53 bits per heavy atom. The molecule has 2 rings (SSSR count). The van der Waals surface area contributed by atoms with Crippen LogP contribution in [0.3, 0.4) is 0 Å². The van der Waals surface area contributed by atoms with E-state index in [9.17, 15) is 4.79 Å². The number of hydrogen-bond donors (Lipinski definition) is 0. The number of methoxy groups -OCH3 is 1. The number of benzene rings is 1. The third kappa shape index (κ3) is 3.47. The molecule has 0 aliphatic carbocycles. The van der Waals surface area contributed by atoms with Gasteiger partial charge in [0.25, 0.3) is 0 Å². The largest absolute Gasteiger partial charge is 0.469 e. The molecule has 1 aromatic carbocycles. The van der Waals surface area contributed by atoms with Crippen LogP contribution in [0.5, 0.6) is 0 Å². The predicted molar refractivity (Wildman–Crippen MR) is 75.1 cm³/mol. The fourth-order valence-corrected chi connectivity index (χ4v) is 2.75. The molecule has 1 aromatic heterocycles. The van der Waals surface area contributed by atoms with Gasteiger partial charge in [-0.1, -0.05) is 17.2 Å². The summed E-state index contributed by atoms with van der Waals surface area (Å²) in [6.07, 6.45) is 0.635. The van der Waals surface area contributed by atoms with Crippen molar-refractivity contribution in [2.75, 3.05) is 7.11 Å². The van der Waals surface area contributed by atoms with Gasteiger partial charge in [0.1, 0.15) is 0 Å². The maximum absolute atomic E-state index is 11.3. The van der Waals surface area contributed by atoms with E-state index < -0.39 is 6.04 Å². The Morgan fingerprint density at radius 3 is 3.11 bits per heavy atom. The molecular formula is C13H13N3O2S. The van der Waals surface area contributed by atoms with Crippen molar-refractivity contribution in [1.29, 1.82) is 0 Å². The molecule has 0 unspecified atom stereocenters. The highest BCUT2D eigenvalue weighted by Crippen LogP contribution is 2.23. The highest BCUT2D eigenvalue weighted by Gasteiger charge is 2.13. The molecule has 0 aliphatic heterocycles. The number of hydrogen-bond acceptors (Lipinski definition) is 4. The maximum Gasteiger partial charge on any atom is 0.305 e. The summed E-state index contributed by atoms with van der Waals surface area (Å²) in [5.41, 5.74) is 9.60. The first-order chi connectivity index (χ1) is 9.22. The molecule has 5 nitrogen and oxygen atoms in total. The van der Waals surface area contributed by atoms with Crippen LogP contribution in [0.4, 0.5) is 0 Å². The number of nitrogens with zero attached hydrogens (tertiary/aromatic N) is 3. The van der Waals surface area contributed by atoms with Crippen molar-refractivity contribution in [2.24, 2.45) is 5.11 Å². The van der Waals surface area contributed by atoms with Gasteiger partial charge in [0.2, 0.25) is 0 Å². The highest BCUT2D eigenvalue weighted by molar-refractivity contribution is 7.17. The lowest BCUT2D eigenvalue weighted by molar-refractivity contribution is -0.140. The van der Waals surface area contributed by atoms with Crippen LogP contribution in [0.25, 0.3) is 20.5 Å². The van der Waals surface area contributed by atoms with E-state index in [0.29, 0.717) is 6.42 Å². The summed E-state index contributed by atoms with van der Waals surface area (Å²) in [7, 11) is 1.33. The summed E-state index contributed by atoms with van der Waals surface area (Å²) in [5, 5.41) is 6.89. The molecule has 2 aromatic rings. The molecule has 0 bridgehead atoms. The molecule has 0 fully saturated rings. The van der Waals surface area contributed by atoms with Gasteiger partial charge in [0, 0.05) is 9.61 Å². The van der Waals surface area contributed by atoms with Gasteiger partial charge in [0.05, 0.1) is 19.6 Å². The van der Waals surface area contributed by atoms with Crippen molar-refractivity contribution < 1.29 is 9.53 Å². The minimum atomic E-state index is -0.408. The number of carbonyl (C=O) groups is 1. The third-order valence-electron chi connectivity index (χ3n) is 2.84. The molecule has 0 aliphatic rings. The summed E-state index contributed by atoms with van der Waals surface area (Å²) in [6.45, 7) is 0. The zero-order valence-corrected chi connectivity index (χ0v) is 11.3. The van der Waals surface area contributed by atoms with Crippen molar-refractivity contribution in [3.05, 3.63) is 45.7 Å². The normalized spacial score (nSPS) is 11.8. The highest BCUT2D eigenvalue weighted by atomic mass is 32.1. The molecule has 0 N–H and O–H groups in total. The summed E-state index contributed by atoms with van der Waals surface area (Å²) < 4.78 is 5.79. The number of azide groups is 1. The Kier molecular flexibility index (Phi) is 4.39. The lowest BCUT2D eigenvalue weighted by Gasteiger charge is -2.09. The minimum Gasteiger partial charge on any atom is -0.469 e. The first-order valence-electron chi connectivity index (χ1n) is 5.80. The van der Waals surface area contributed by atoms with Crippen molar-refractivity contribution in [3.8, 4) is 0 Å². The Hall–Kier alpha value is -2.04. The van der Waals surface area contributed by atoms with Gasteiger partial charge in [-0.3, -0.25) is 4.79 Å². The second-order valence-corrected chi connectivity index (χ2v) is 5.08. The van der Waals surface area contributed by atoms with E-state index in [2.05, 4.69) is 26.9 Å². The Labute approximate surface area is 114 Å². The van der Waals surface area contributed by atoms with Gasteiger partial charge in [-0.15, -0.1) is 11.3 Å². The van der Waals surface area contributed by atoms with E-state index in [1.165, 1.54) is 17.2 Å². The molecule has 6 heteroatoms. The summed E-state index contributed by atoms with van der Waals surface area (Å²) in [6, 6.07) is 7.74. The van der Waals surface area contributed by atoms with Crippen molar-refractivity contribution >= 4 is 27.4 Å². The Bertz CT molecular complexity index is 632. The lowest BCUT2D eigenvalue weighted by Crippen LogP contribution is -2.15. The van der Waals surface area contributed by atoms with Crippen molar-refractivity contribution in [2.45, 2.75) is 18.9 Å². The van der Waals surface area contributed by atoms with Crippen LogP contribution >= 0.6 is 11.3 Å². The second-order valence-electron chi connectivity index (χ2n) is 4.14. The first-order valence-corrected chi connectivity index (χ1v) is 6.68. The molecule has 0 spiro atoms. The van der Waals surface area contributed by atoms with E-state index in [4.69, 9.17) is 5.53 Å². The van der Waals surface area contributed by atoms with Gasteiger partial charge >= 0.3 is 5.97 Å². The van der Waals surface area contributed by atoms with Gasteiger partial charge in [0.15, 0.2) is 0 Å². The lowest BCUT2D eigenvalue weighted by atomic mass is 10.0. The van der Waals surface area contributed by atoms with Crippen LogP contribution in [-0.2, 0) is 16.0 Å². The number of thiophene rings is 1. The zero-order valence-electron chi connectivity index (χ0n) is 10.4. The van der Waals surface area contributed by atoms with E-state index in [0.717, 1.165) is 5.56 Å². The molecular weight excluding hydrogens is 262 g/mol. The molecule has 98 valence electrons. The van der Waals surface area contributed by atoms with Crippen molar-refractivity contribution in [3.63, 3.8) is 0 Å². The quantitative estimate of drug-likeness (QED) is 0.361. The molecule has 0 amide bonds. The Balaban J connectivity index is 2.15. The van der Waals surface area contributed by atoms with E-state index >= 15 is 0 Å². The number of rotatable bonds is 5. The molecule has 0 saturated heterocycles. The van der Waals surface area contributed by atoms with E-state index in [1.807, 2.05) is 17.5 Å². The van der Waals surface area contributed by atoms with E-state index in [1.54, 1.807) is 11.3 Å². The summed E-state index contributed by atoms with van der Waals surface area (Å²) in [4.78, 5) is 14.0. The molecule has 0 saturated carbocycles. The van der Waals surface area contributed by atoms with Crippen LogP contribution in [0, 0.1) is 0 Å². The SMILES string of the molecule is COC(=O)C[C@@H](Cc1ccc2ccsc2c1)N=[N+]=[N-]. The Morgan fingerprint density at radius 2 is 2.37 bits per heavy atom. The zero-order chi connectivity index (χ0) is 13.7. The minimum absolute atomic E-state index is 0.100. The second kappa shape index (κ2) is 6.22. The molecule has 19 heavy (non-hydrogen) atoms. The topological polar surface area (TPSA) is 75.1 Å². The average molecular weight is 275 g/mol.